The molecule has 1 aliphatic heterocycles. The summed E-state index contributed by atoms with van der Waals surface area (Å²) in [5, 5.41) is 0. The zero-order chi connectivity index (χ0) is 8.97. The van der Waals surface area contributed by atoms with Gasteiger partial charge in [-0.1, -0.05) is 13.8 Å². The van der Waals surface area contributed by atoms with Gasteiger partial charge in [0.2, 0.25) is 0 Å². The molecular formula is C10H22N2. The second-order valence-electron chi connectivity index (χ2n) is 4.25. The first-order chi connectivity index (χ1) is 5.70. The second-order valence-corrected chi connectivity index (χ2v) is 4.25. The van der Waals surface area contributed by atoms with Gasteiger partial charge in [0.05, 0.1) is 0 Å². The number of nitrogens with zero attached hydrogens (tertiary/aromatic N) is 1. The molecule has 0 aromatic rings. The molecule has 1 heterocycles. The van der Waals surface area contributed by atoms with Gasteiger partial charge < -0.3 is 10.6 Å². The molecule has 0 aromatic heterocycles. The highest BCUT2D eigenvalue weighted by atomic mass is 15.1. The minimum atomic E-state index is 0.394. The van der Waals surface area contributed by atoms with Crippen molar-refractivity contribution in [2.75, 3.05) is 19.6 Å². The summed E-state index contributed by atoms with van der Waals surface area (Å²) in [5.41, 5.74) is 5.97. The molecule has 0 spiro atoms. The maximum absolute atomic E-state index is 5.97. The molecule has 2 nitrogen and oxygen atoms in total. The van der Waals surface area contributed by atoms with E-state index < -0.39 is 0 Å². The highest BCUT2D eigenvalue weighted by Crippen LogP contribution is 2.10. The summed E-state index contributed by atoms with van der Waals surface area (Å²) in [6.07, 6.45) is 3.94. The zero-order valence-electron chi connectivity index (χ0n) is 8.42. The Morgan fingerprint density at radius 2 is 1.83 bits per heavy atom. The van der Waals surface area contributed by atoms with E-state index >= 15 is 0 Å². The molecule has 0 bridgehead atoms. The van der Waals surface area contributed by atoms with E-state index in [1.165, 1.54) is 32.5 Å². The minimum Gasteiger partial charge on any atom is -0.327 e. The summed E-state index contributed by atoms with van der Waals surface area (Å²) >= 11 is 0. The Bertz CT molecular complexity index is 115. The van der Waals surface area contributed by atoms with E-state index in [0.717, 1.165) is 6.42 Å². The molecule has 0 amide bonds. The van der Waals surface area contributed by atoms with Gasteiger partial charge in [-0.25, -0.2) is 0 Å². The van der Waals surface area contributed by atoms with Crippen LogP contribution >= 0.6 is 0 Å². The van der Waals surface area contributed by atoms with Gasteiger partial charge in [0.1, 0.15) is 0 Å². The molecule has 1 rings (SSSR count). The van der Waals surface area contributed by atoms with Crippen molar-refractivity contribution in [2.24, 2.45) is 11.7 Å². The first-order valence-electron chi connectivity index (χ1n) is 5.18. The zero-order valence-corrected chi connectivity index (χ0v) is 8.42. The van der Waals surface area contributed by atoms with Crippen molar-refractivity contribution in [3.8, 4) is 0 Å². The van der Waals surface area contributed by atoms with E-state index in [2.05, 4.69) is 18.7 Å². The van der Waals surface area contributed by atoms with Crippen LogP contribution in [0.2, 0.25) is 0 Å². The Morgan fingerprint density at radius 3 is 2.33 bits per heavy atom. The Labute approximate surface area is 76.1 Å². The predicted octanol–water partition coefficient (Wildman–Crippen LogP) is 1.46. The lowest BCUT2D eigenvalue weighted by atomic mass is 10.0. The fourth-order valence-corrected chi connectivity index (χ4v) is 1.67. The quantitative estimate of drug-likeness (QED) is 0.692. The van der Waals surface area contributed by atoms with E-state index in [9.17, 15) is 0 Å². The average Bonchev–Trinajstić information content (AvgIpc) is 2.51. The fraction of sp³-hybridized carbons (Fsp3) is 1.00. The molecule has 0 radical (unpaired) electrons. The molecule has 0 unspecified atom stereocenters. The van der Waals surface area contributed by atoms with Crippen molar-refractivity contribution < 1.29 is 0 Å². The van der Waals surface area contributed by atoms with Crippen LogP contribution in [0.15, 0.2) is 0 Å². The van der Waals surface area contributed by atoms with Gasteiger partial charge in [-0.05, 0) is 44.8 Å². The monoisotopic (exact) mass is 170 g/mol. The molecule has 2 N–H and O–H groups in total. The third-order valence-electron chi connectivity index (χ3n) is 2.83. The lowest BCUT2D eigenvalue weighted by molar-refractivity contribution is 0.305. The number of likely N-dealkylation sites (tertiary alicyclic amines) is 1. The summed E-state index contributed by atoms with van der Waals surface area (Å²) in [5.74, 6) is 0.632. The molecule has 1 saturated heterocycles. The van der Waals surface area contributed by atoms with Crippen LogP contribution in [0.5, 0.6) is 0 Å². The third kappa shape index (κ3) is 3.11. The standard InChI is InChI=1S/C10H22N2/c1-9(2)10(11)5-8-12-6-3-4-7-12/h9-10H,3-8,11H2,1-2H3/t10-/m1/s1. The van der Waals surface area contributed by atoms with E-state index in [1.54, 1.807) is 0 Å². The van der Waals surface area contributed by atoms with Crippen LogP contribution in [-0.4, -0.2) is 30.6 Å². The minimum absolute atomic E-state index is 0.394. The van der Waals surface area contributed by atoms with E-state index in [0.29, 0.717) is 12.0 Å². The van der Waals surface area contributed by atoms with Crippen LogP contribution in [0.3, 0.4) is 0 Å². The highest BCUT2D eigenvalue weighted by Gasteiger charge is 2.13. The number of rotatable bonds is 4. The first-order valence-corrected chi connectivity index (χ1v) is 5.18. The lowest BCUT2D eigenvalue weighted by Crippen LogP contribution is -2.32. The van der Waals surface area contributed by atoms with E-state index in [1.807, 2.05) is 0 Å². The molecule has 12 heavy (non-hydrogen) atoms. The summed E-state index contributed by atoms with van der Waals surface area (Å²) in [4.78, 5) is 2.53. The smallest absolute Gasteiger partial charge is 0.00740 e. The Balaban J connectivity index is 2.07. The third-order valence-corrected chi connectivity index (χ3v) is 2.83. The van der Waals surface area contributed by atoms with Gasteiger partial charge in [-0.3, -0.25) is 0 Å². The Kier molecular flexibility index (Phi) is 4.02. The van der Waals surface area contributed by atoms with Gasteiger partial charge in [0, 0.05) is 6.04 Å². The number of hydrogen-bond acceptors (Lipinski definition) is 2. The largest absolute Gasteiger partial charge is 0.327 e. The van der Waals surface area contributed by atoms with Crippen molar-refractivity contribution in [1.29, 1.82) is 0 Å². The second kappa shape index (κ2) is 4.83. The van der Waals surface area contributed by atoms with Crippen LogP contribution in [0, 0.1) is 5.92 Å². The van der Waals surface area contributed by atoms with Crippen LogP contribution in [0.4, 0.5) is 0 Å². The van der Waals surface area contributed by atoms with Crippen LogP contribution < -0.4 is 5.73 Å². The summed E-state index contributed by atoms with van der Waals surface area (Å²) < 4.78 is 0. The summed E-state index contributed by atoms with van der Waals surface area (Å²) in [6.45, 7) is 8.21. The van der Waals surface area contributed by atoms with Crippen LogP contribution in [0.1, 0.15) is 33.1 Å². The highest BCUT2D eigenvalue weighted by molar-refractivity contribution is 4.71. The Morgan fingerprint density at radius 1 is 1.25 bits per heavy atom. The maximum Gasteiger partial charge on any atom is 0.00740 e. The lowest BCUT2D eigenvalue weighted by Gasteiger charge is -2.20. The molecule has 2 heteroatoms. The van der Waals surface area contributed by atoms with Crippen molar-refractivity contribution in [3.63, 3.8) is 0 Å². The van der Waals surface area contributed by atoms with Crippen molar-refractivity contribution in [3.05, 3.63) is 0 Å². The Hall–Kier alpha value is -0.0800. The number of hydrogen-bond donors (Lipinski definition) is 1. The van der Waals surface area contributed by atoms with Crippen molar-refractivity contribution in [1.82, 2.24) is 4.90 Å². The molecule has 0 aromatic carbocycles. The van der Waals surface area contributed by atoms with Crippen molar-refractivity contribution in [2.45, 2.75) is 39.2 Å². The normalized spacial score (nSPS) is 22.0. The topological polar surface area (TPSA) is 29.3 Å². The average molecular weight is 170 g/mol. The first kappa shape index (κ1) is 10.0. The van der Waals surface area contributed by atoms with Crippen molar-refractivity contribution >= 4 is 0 Å². The summed E-state index contributed by atoms with van der Waals surface area (Å²) in [7, 11) is 0. The maximum atomic E-state index is 5.97. The predicted molar refractivity (Wildman–Crippen MR) is 53.1 cm³/mol. The SMILES string of the molecule is CC(C)[C@H](N)CCN1CCCC1. The van der Waals surface area contributed by atoms with Gasteiger partial charge in [0.25, 0.3) is 0 Å². The van der Waals surface area contributed by atoms with E-state index in [4.69, 9.17) is 5.73 Å². The molecule has 0 saturated carbocycles. The van der Waals surface area contributed by atoms with Crippen LogP contribution in [-0.2, 0) is 0 Å². The van der Waals surface area contributed by atoms with Gasteiger partial charge in [-0.2, -0.15) is 0 Å². The van der Waals surface area contributed by atoms with Gasteiger partial charge in [-0.15, -0.1) is 0 Å². The van der Waals surface area contributed by atoms with Gasteiger partial charge >= 0.3 is 0 Å². The molecule has 1 atom stereocenters. The molecule has 1 aliphatic rings. The molecule has 72 valence electrons. The summed E-state index contributed by atoms with van der Waals surface area (Å²) in [6, 6.07) is 0.394. The molecule has 0 aliphatic carbocycles. The van der Waals surface area contributed by atoms with E-state index in [-0.39, 0.29) is 0 Å². The number of nitrogens with two attached hydrogens (primary N) is 1. The van der Waals surface area contributed by atoms with Gasteiger partial charge in [0.15, 0.2) is 0 Å². The molecular weight excluding hydrogens is 148 g/mol. The molecule has 1 fully saturated rings. The van der Waals surface area contributed by atoms with Crippen LogP contribution in [0.25, 0.3) is 0 Å². The fourth-order valence-electron chi connectivity index (χ4n) is 1.67.